The molecule has 1 aromatic rings. The Morgan fingerprint density at radius 2 is 2.26 bits per heavy atom. The van der Waals surface area contributed by atoms with Crippen LogP contribution in [0.25, 0.3) is 0 Å². The van der Waals surface area contributed by atoms with E-state index in [1.807, 2.05) is 0 Å². The number of rotatable bonds is 8. The Morgan fingerprint density at radius 3 is 2.84 bits per heavy atom. The van der Waals surface area contributed by atoms with E-state index in [-0.39, 0.29) is 16.9 Å². The van der Waals surface area contributed by atoms with Gasteiger partial charge in [0.15, 0.2) is 0 Å². The van der Waals surface area contributed by atoms with Crippen molar-refractivity contribution in [3.05, 3.63) is 12.4 Å². The van der Waals surface area contributed by atoms with Gasteiger partial charge in [-0.15, -0.1) is 0 Å². The van der Waals surface area contributed by atoms with E-state index in [2.05, 4.69) is 16.7 Å². The molecule has 6 nitrogen and oxygen atoms in total. The molecule has 2 rings (SSSR count). The van der Waals surface area contributed by atoms with Crippen LogP contribution in [0.2, 0.25) is 0 Å². The maximum atomic E-state index is 12.1. The van der Waals surface area contributed by atoms with Gasteiger partial charge in [0.2, 0.25) is 10.0 Å². The number of aliphatic hydroxyl groups is 1. The van der Waals surface area contributed by atoms with E-state index in [0.717, 1.165) is 19.3 Å². The van der Waals surface area contributed by atoms with Crippen molar-refractivity contribution in [3.8, 4) is 0 Å². The van der Waals surface area contributed by atoms with E-state index in [0.29, 0.717) is 19.5 Å². The molecule has 19 heavy (non-hydrogen) atoms. The first-order valence-corrected chi connectivity index (χ1v) is 8.13. The molecule has 0 atom stereocenters. The molecule has 2 N–H and O–H groups in total. The van der Waals surface area contributed by atoms with Gasteiger partial charge in [-0.2, -0.15) is 5.10 Å². The molecule has 0 aromatic carbocycles. The molecule has 1 aliphatic rings. The van der Waals surface area contributed by atoms with Crippen LogP contribution in [0.15, 0.2) is 17.3 Å². The van der Waals surface area contributed by atoms with Crippen LogP contribution in [-0.4, -0.2) is 36.5 Å². The minimum Gasteiger partial charge on any atom is -0.396 e. The summed E-state index contributed by atoms with van der Waals surface area (Å²) in [6.07, 6.45) is 6.62. The summed E-state index contributed by atoms with van der Waals surface area (Å²) in [7, 11) is -3.46. The molecule has 1 fully saturated rings. The Balaban J connectivity index is 1.97. The minimum atomic E-state index is -3.46. The lowest BCUT2D eigenvalue weighted by Gasteiger charge is -2.12. The number of aromatic nitrogens is 2. The molecule has 1 aromatic heterocycles. The van der Waals surface area contributed by atoms with E-state index in [4.69, 9.17) is 5.11 Å². The molecule has 1 heterocycles. The molecular weight excluding hydrogens is 266 g/mol. The fourth-order valence-corrected chi connectivity index (χ4v) is 3.11. The summed E-state index contributed by atoms with van der Waals surface area (Å²) < 4.78 is 28.4. The van der Waals surface area contributed by atoms with E-state index in [1.165, 1.54) is 17.1 Å². The van der Waals surface area contributed by atoms with Crippen LogP contribution in [0, 0.1) is 5.41 Å². The molecule has 1 saturated carbocycles. The first-order chi connectivity index (χ1) is 9.01. The van der Waals surface area contributed by atoms with Crippen LogP contribution in [0.5, 0.6) is 0 Å². The van der Waals surface area contributed by atoms with Gasteiger partial charge in [0.05, 0.1) is 6.20 Å². The van der Waals surface area contributed by atoms with Crippen molar-refractivity contribution in [2.75, 3.05) is 13.2 Å². The highest BCUT2D eigenvalue weighted by atomic mass is 32.2. The normalized spacial score (nSPS) is 17.6. The second-order valence-corrected chi connectivity index (χ2v) is 6.96. The van der Waals surface area contributed by atoms with Crippen LogP contribution >= 0.6 is 0 Å². The number of hydrogen-bond donors (Lipinski definition) is 2. The van der Waals surface area contributed by atoms with Crippen LogP contribution in [0.3, 0.4) is 0 Å². The summed E-state index contributed by atoms with van der Waals surface area (Å²) in [5.74, 6) is 0. The average Bonchev–Trinajstić information content (AvgIpc) is 3.03. The zero-order valence-electron chi connectivity index (χ0n) is 11.2. The van der Waals surface area contributed by atoms with Gasteiger partial charge in [-0.05, 0) is 31.1 Å². The van der Waals surface area contributed by atoms with Crippen molar-refractivity contribution >= 4 is 10.0 Å². The van der Waals surface area contributed by atoms with Gasteiger partial charge in [-0.25, -0.2) is 13.1 Å². The highest BCUT2D eigenvalue weighted by Gasteiger charge is 2.41. The summed E-state index contributed by atoms with van der Waals surface area (Å²) >= 11 is 0. The van der Waals surface area contributed by atoms with E-state index in [1.54, 1.807) is 0 Å². The maximum absolute atomic E-state index is 12.1. The number of nitrogens with one attached hydrogen (secondary N) is 1. The monoisotopic (exact) mass is 287 g/mol. The zero-order chi connectivity index (χ0) is 13.9. The molecule has 1 aliphatic carbocycles. The Kier molecular flexibility index (Phi) is 4.27. The summed E-state index contributed by atoms with van der Waals surface area (Å²) in [4.78, 5) is 0.192. The van der Waals surface area contributed by atoms with E-state index in [9.17, 15) is 8.42 Å². The molecule has 0 amide bonds. The Bertz CT molecular complexity index is 520. The van der Waals surface area contributed by atoms with Gasteiger partial charge in [0, 0.05) is 25.9 Å². The average molecular weight is 287 g/mol. The first kappa shape index (κ1) is 14.5. The molecular formula is C12H21N3O3S. The first-order valence-electron chi connectivity index (χ1n) is 6.64. The summed E-state index contributed by atoms with van der Waals surface area (Å²) in [5.41, 5.74) is 0.181. The van der Waals surface area contributed by atoms with Gasteiger partial charge in [-0.1, -0.05) is 6.92 Å². The summed E-state index contributed by atoms with van der Waals surface area (Å²) in [5, 5.41) is 12.7. The molecule has 0 aliphatic heterocycles. The van der Waals surface area contributed by atoms with Crippen LogP contribution in [-0.2, 0) is 16.6 Å². The van der Waals surface area contributed by atoms with Crippen LogP contribution < -0.4 is 4.72 Å². The SMILES string of the molecule is CCC1(CNS(=O)(=O)c2cnn(CCCO)c2)CC1. The van der Waals surface area contributed by atoms with Gasteiger partial charge in [0.25, 0.3) is 0 Å². The third-order valence-corrected chi connectivity index (χ3v) is 5.17. The Morgan fingerprint density at radius 1 is 1.53 bits per heavy atom. The Hall–Kier alpha value is -0.920. The van der Waals surface area contributed by atoms with Gasteiger partial charge in [0.1, 0.15) is 4.90 Å². The number of sulfonamides is 1. The quantitative estimate of drug-likeness (QED) is 0.738. The molecule has 0 radical (unpaired) electrons. The molecule has 0 unspecified atom stereocenters. The molecule has 0 spiro atoms. The molecule has 0 saturated heterocycles. The van der Waals surface area contributed by atoms with Gasteiger partial charge < -0.3 is 5.11 Å². The lowest BCUT2D eigenvalue weighted by Crippen LogP contribution is -2.29. The molecule has 108 valence electrons. The summed E-state index contributed by atoms with van der Waals surface area (Å²) in [6.45, 7) is 3.19. The maximum Gasteiger partial charge on any atom is 0.243 e. The van der Waals surface area contributed by atoms with E-state index >= 15 is 0 Å². The largest absolute Gasteiger partial charge is 0.396 e. The van der Waals surface area contributed by atoms with Crippen molar-refractivity contribution < 1.29 is 13.5 Å². The van der Waals surface area contributed by atoms with Crippen molar-refractivity contribution in [2.24, 2.45) is 5.41 Å². The van der Waals surface area contributed by atoms with Crippen molar-refractivity contribution in [1.29, 1.82) is 0 Å². The predicted octanol–water partition coefficient (Wildman–Crippen LogP) is 0.734. The predicted molar refractivity (Wildman–Crippen MR) is 71.1 cm³/mol. The van der Waals surface area contributed by atoms with Crippen molar-refractivity contribution in [1.82, 2.24) is 14.5 Å². The van der Waals surface area contributed by atoms with Gasteiger partial charge in [-0.3, -0.25) is 4.68 Å². The van der Waals surface area contributed by atoms with E-state index < -0.39 is 10.0 Å². The minimum absolute atomic E-state index is 0.0687. The fraction of sp³-hybridized carbons (Fsp3) is 0.750. The van der Waals surface area contributed by atoms with Gasteiger partial charge >= 0.3 is 0 Å². The fourth-order valence-electron chi connectivity index (χ4n) is 2.00. The third kappa shape index (κ3) is 3.55. The molecule has 0 bridgehead atoms. The van der Waals surface area contributed by atoms with Crippen molar-refractivity contribution in [2.45, 2.75) is 44.0 Å². The van der Waals surface area contributed by atoms with Crippen LogP contribution in [0.4, 0.5) is 0 Å². The zero-order valence-corrected chi connectivity index (χ0v) is 12.0. The number of hydrogen-bond acceptors (Lipinski definition) is 4. The highest BCUT2D eigenvalue weighted by Crippen LogP contribution is 2.48. The molecule has 7 heteroatoms. The highest BCUT2D eigenvalue weighted by molar-refractivity contribution is 7.89. The number of aryl methyl sites for hydroxylation is 1. The second kappa shape index (κ2) is 5.60. The topological polar surface area (TPSA) is 84.2 Å². The lowest BCUT2D eigenvalue weighted by atomic mass is 10.1. The second-order valence-electron chi connectivity index (χ2n) is 5.19. The van der Waals surface area contributed by atoms with Crippen molar-refractivity contribution in [3.63, 3.8) is 0 Å². The number of aliphatic hydroxyl groups excluding tert-OH is 1. The smallest absolute Gasteiger partial charge is 0.243 e. The third-order valence-electron chi connectivity index (χ3n) is 3.81. The number of nitrogens with zero attached hydrogens (tertiary/aromatic N) is 2. The van der Waals surface area contributed by atoms with Crippen LogP contribution in [0.1, 0.15) is 32.6 Å². The lowest BCUT2D eigenvalue weighted by molar-refractivity contribution is 0.277. The summed E-state index contributed by atoms with van der Waals surface area (Å²) in [6, 6.07) is 0. The standard InChI is InChI=1S/C12H21N3O3S/c1-2-12(4-5-12)10-14-19(17,18)11-8-13-15(9-11)6-3-7-16/h8-9,14,16H,2-7,10H2,1H3. The Labute approximate surface area is 113 Å².